The molecule has 0 aliphatic carbocycles. The predicted molar refractivity (Wildman–Crippen MR) is 168 cm³/mol. The third kappa shape index (κ3) is 7.10. The molecule has 0 saturated heterocycles. The number of para-hydroxylation sites is 2. The van der Waals surface area contributed by atoms with E-state index in [1.165, 1.54) is 28.4 Å². The van der Waals surface area contributed by atoms with Gasteiger partial charge in [-0.15, -0.1) is 0 Å². The molecule has 9 nitrogen and oxygen atoms in total. The molecule has 5 rings (SSSR count). The minimum absolute atomic E-state index is 0.0185. The highest BCUT2D eigenvalue weighted by atomic mass is 32.2. The number of fused-ring (bicyclic) bond motifs is 1. The number of ether oxygens (including phenoxy) is 2. The van der Waals surface area contributed by atoms with Gasteiger partial charge in [0.25, 0.3) is 5.91 Å². The number of sulfonamides is 1. The molecule has 0 radical (unpaired) electrons. The van der Waals surface area contributed by atoms with E-state index < -0.39 is 28.6 Å². The Kier molecular flexibility index (Phi) is 9.62. The molecule has 228 valence electrons. The topological polar surface area (TPSA) is 105 Å². The minimum atomic E-state index is -4.11. The number of rotatable bonds is 11. The zero-order valence-corrected chi connectivity index (χ0v) is 25.5. The molecule has 0 saturated carbocycles. The Bertz CT molecular complexity index is 1710. The van der Waals surface area contributed by atoms with E-state index in [0.717, 1.165) is 11.1 Å². The lowest BCUT2D eigenvalue weighted by Crippen LogP contribution is -2.53. The molecule has 1 atom stereocenters. The number of amides is 2. The summed E-state index contributed by atoms with van der Waals surface area (Å²) in [6, 6.07) is 30.5. The SMILES string of the molecule is COc1ccc(S(=O)(=O)N(CC(=O)N2C[C@H](C(=O)NCCc3ccccc3)Oc3ccccc32)Cc2ccccc2)cc1C. The Balaban J connectivity index is 1.38. The Hall–Kier alpha value is -4.67. The highest BCUT2D eigenvalue weighted by Gasteiger charge is 2.36. The highest BCUT2D eigenvalue weighted by molar-refractivity contribution is 7.89. The number of benzene rings is 4. The van der Waals surface area contributed by atoms with E-state index in [2.05, 4.69) is 5.32 Å². The van der Waals surface area contributed by atoms with Crippen LogP contribution in [0.25, 0.3) is 0 Å². The quantitative estimate of drug-likeness (QED) is 0.270. The van der Waals surface area contributed by atoms with E-state index in [9.17, 15) is 18.0 Å². The molecule has 0 fully saturated rings. The summed E-state index contributed by atoms with van der Waals surface area (Å²) in [7, 11) is -2.58. The number of carbonyl (C=O) groups excluding carboxylic acids is 2. The average Bonchev–Trinajstić information content (AvgIpc) is 3.04. The normalized spacial score (nSPS) is 14.4. The van der Waals surface area contributed by atoms with Crippen molar-refractivity contribution >= 4 is 27.5 Å². The Morgan fingerprint density at radius 1 is 0.932 bits per heavy atom. The Labute approximate surface area is 258 Å². The molecule has 1 heterocycles. The number of anilines is 1. The van der Waals surface area contributed by atoms with Crippen LogP contribution in [0, 0.1) is 6.92 Å². The second-order valence-corrected chi connectivity index (χ2v) is 12.4. The van der Waals surface area contributed by atoms with E-state index in [4.69, 9.17) is 9.47 Å². The number of nitrogens with zero attached hydrogens (tertiary/aromatic N) is 2. The minimum Gasteiger partial charge on any atom is -0.496 e. The van der Waals surface area contributed by atoms with Gasteiger partial charge in [-0.1, -0.05) is 72.8 Å². The fourth-order valence-corrected chi connectivity index (χ4v) is 6.57. The Morgan fingerprint density at radius 3 is 2.27 bits per heavy atom. The second-order valence-electron chi connectivity index (χ2n) is 10.5. The van der Waals surface area contributed by atoms with Crippen LogP contribution in [-0.2, 0) is 32.6 Å². The number of aryl methyl sites for hydroxylation is 1. The van der Waals surface area contributed by atoms with Crippen LogP contribution in [-0.4, -0.2) is 57.4 Å². The Morgan fingerprint density at radius 2 is 1.59 bits per heavy atom. The smallest absolute Gasteiger partial charge is 0.262 e. The van der Waals surface area contributed by atoms with Gasteiger partial charge in [-0.05, 0) is 60.4 Å². The van der Waals surface area contributed by atoms with Crippen LogP contribution in [0.3, 0.4) is 0 Å². The summed E-state index contributed by atoms with van der Waals surface area (Å²) in [5.41, 5.74) is 2.95. The lowest BCUT2D eigenvalue weighted by molar-refractivity contribution is -0.128. The van der Waals surface area contributed by atoms with Crippen LogP contribution < -0.4 is 19.7 Å². The average molecular weight is 614 g/mol. The first-order valence-electron chi connectivity index (χ1n) is 14.3. The standard InChI is InChI=1S/C34H35N3O6S/c1-25-21-28(17-18-30(25)42-2)44(40,41)36(22-27-13-7-4-8-14-27)24-33(38)37-23-32(43-31-16-10-9-15-29(31)37)34(39)35-20-19-26-11-5-3-6-12-26/h3-18,21,32H,19-20,22-24H2,1-2H3,(H,35,39)/t32-/m1/s1. The maximum absolute atomic E-state index is 14.0. The van der Waals surface area contributed by atoms with E-state index in [-0.39, 0.29) is 23.9 Å². The molecule has 0 spiro atoms. The fourth-order valence-electron chi connectivity index (χ4n) is 5.11. The number of methoxy groups -OCH3 is 1. The van der Waals surface area contributed by atoms with Crippen molar-refractivity contribution in [2.75, 3.05) is 31.6 Å². The molecule has 0 bridgehead atoms. The number of hydrogen-bond donors (Lipinski definition) is 1. The molecule has 0 unspecified atom stereocenters. The van der Waals surface area contributed by atoms with Gasteiger partial charge in [0.05, 0.1) is 30.8 Å². The van der Waals surface area contributed by atoms with Crippen molar-refractivity contribution < 1.29 is 27.5 Å². The summed E-state index contributed by atoms with van der Waals surface area (Å²) in [5.74, 6) is 0.106. The van der Waals surface area contributed by atoms with Crippen LogP contribution in [0.4, 0.5) is 5.69 Å². The van der Waals surface area contributed by atoms with E-state index in [1.54, 1.807) is 37.3 Å². The molecule has 0 aromatic heterocycles. The van der Waals surface area contributed by atoms with Gasteiger partial charge in [0.2, 0.25) is 15.9 Å². The number of hydrogen-bond acceptors (Lipinski definition) is 6. The van der Waals surface area contributed by atoms with Crippen LogP contribution >= 0.6 is 0 Å². The van der Waals surface area contributed by atoms with E-state index in [0.29, 0.717) is 35.7 Å². The van der Waals surface area contributed by atoms with Gasteiger partial charge >= 0.3 is 0 Å². The van der Waals surface area contributed by atoms with Gasteiger partial charge in [-0.25, -0.2) is 8.42 Å². The highest BCUT2D eigenvalue weighted by Crippen LogP contribution is 2.34. The largest absolute Gasteiger partial charge is 0.496 e. The third-order valence-electron chi connectivity index (χ3n) is 7.44. The van der Waals surface area contributed by atoms with E-state index in [1.807, 2.05) is 60.7 Å². The molecule has 10 heteroatoms. The van der Waals surface area contributed by atoms with Gasteiger partial charge in [-0.3, -0.25) is 9.59 Å². The van der Waals surface area contributed by atoms with E-state index >= 15 is 0 Å². The molecule has 2 amide bonds. The molecule has 4 aromatic carbocycles. The van der Waals surface area contributed by atoms with Crippen molar-refractivity contribution in [2.45, 2.75) is 30.9 Å². The van der Waals surface area contributed by atoms with Crippen LogP contribution in [0.15, 0.2) is 108 Å². The molecule has 1 aliphatic rings. The van der Waals surface area contributed by atoms with Crippen molar-refractivity contribution in [3.8, 4) is 11.5 Å². The maximum Gasteiger partial charge on any atom is 0.262 e. The fraction of sp³-hybridized carbons (Fsp3) is 0.235. The van der Waals surface area contributed by atoms with Crippen molar-refractivity contribution in [3.05, 3.63) is 120 Å². The molecular weight excluding hydrogens is 578 g/mol. The van der Waals surface area contributed by atoms with Crippen LogP contribution in [0.1, 0.15) is 16.7 Å². The maximum atomic E-state index is 14.0. The zero-order valence-electron chi connectivity index (χ0n) is 24.7. The van der Waals surface area contributed by atoms with Gasteiger partial charge in [-0.2, -0.15) is 4.31 Å². The van der Waals surface area contributed by atoms with Crippen LogP contribution in [0.5, 0.6) is 11.5 Å². The zero-order chi connectivity index (χ0) is 31.1. The molecule has 1 N–H and O–H groups in total. The molecule has 44 heavy (non-hydrogen) atoms. The summed E-state index contributed by atoms with van der Waals surface area (Å²) < 4.78 is 40.4. The number of nitrogens with one attached hydrogen (secondary N) is 1. The lowest BCUT2D eigenvalue weighted by Gasteiger charge is -2.35. The summed E-state index contributed by atoms with van der Waals surface area (Å²) in [5, 5.41) is 2.91. The van der Waals surface area contributed by atoms with Crippen LogP contribution in [0.2, 0.25) is 0 Å². The van der Waals surface area contributed by atoms with Crippen molar-refractivity contribution in [1.82, 2.24) is 9.62 Å². The summed E-state index contributed by atoms with van der Waals surface area (Å²) in [6.07, 6.45) is -0.316. The predicted octanol–water partition coefficient (Wildman–Crippen LogP) is 4.35. The summed E-state index contributed by atoms with van der Waals surface area (Å²) >= 11 is 0. The first-order valence-corrected chi connectivity index (χ1v) is 15.8. The van der Waals surface area contributed by atoms with Gasteiger partial charge in [0.15, 0.2) is 6.10 Å². The molecule has 1 aliphatic heterocycles. The van der Waals surface area contributed by atoms with Crippen molar-refractivity contribution in [3.63, 3.8) is 0 Å². The van der Waals surface area contributed by atoms with Gasteiger partial charge in [0.1, 0.15) is 11.5 Å². The number of carbonyl (C=O) groups is 2. The van der Waals surface area contributed by atoms with Gasteiger partial charge in [0, 0.05) is 13.1 Å². The third-order valence-corrected chi connectivity index (χ3v) is 9.23. The van der Waals surface area contributed by atoms with Crippen molar-refractivity contribution in [1.29, 1.82) is 0 Å². The monoisotopic (exact) mass is 613 g/mol. The molecular formula is C34H35N3O6S. The van der Waals surface area contributed by atoms with Gasteiger partial charge < -0.3 is 19.7 Å². The lowest BCUT2D eigenvalue weighted by atomic mass is 10.1. The van der Waals surface area contributed by atoms with Crippen molar-refractivity contribution in [2.24, 2.45) is 0 Å². The first kappa shape index (κ1) is 30.8. The first-order chi connectivity index (χ1) is 21.3. The molecule has 4 aromatic rings. The second kappa shape index (κ2) is 13.7. The summed E-state index contributed by atoms with van der Waals surface area (Å²) in [4.78, 5) is 28.6. The summed E-state index contributed by atoms with van der Waals surface area (Å²) in [6.45, 7) is 1.64.